The monoisotopic (exact) mass is 357 g/mol. The van der Waals surface area contributed by atoms with Gasteiger partial charge in [-0.05, 0) is 36.4 Å². The molecule has 1 saturated heterocycles. The number of barbiturate groups is 1. The van der Waals surface area contributed by atoms with E-state index < -0.39 is 34.2 Å². The first kappa shape index (κ1) is 16.9. The first-order valence-corrected chi connectivity index (χ1v) is 7.20. The number of anilines is 1. The molecule has 1 aliphatic heterocycles. The third kappa shape index (κ3) is 3.02. The molecule has 1 aromatic heterocycles. The summed E-state index contributed by atoms with van der Waals surface area (Å²) in [5, 5.41) is 12.7. The van der Waals surface area contributed by atoms with Crippen molar-refractivity contribution in [3.63, 3.8) is 0 Å². The number of methoxy groups -OCH3 is 1. The molecule has 2 heterocycles. The van der Waals surface area contributed by atoms with E-state index >= 15 is 0 Å². The molecular formula is C16H11N3O7. The summed E-state index contributed by atoms with van der Waals surface area (Å²) in [5.41, 5.74) is -0.179. The molecule has 0 spiro atoms. The van der Waals surface area contributed by atoms with Gasteiger partial charge in [-0.25, -0.2) is 9.69 Å². The molecule has 0 bridgehead atoms. The maximum atomic E-state index is 12.6. The summed E-state index contributed by atoms with van der Waals surface area (Å²) in [7, 11) is 1.47. The van der Waals surface area contributed by atoms with Crippen molar-refractivity contribution in [2.45, 2.75) is 0 Å². The van der Waals surface area contributed by atoms with Crippen molar-refractivity contribution in [2.24, 2.45) is 0 Å². The molecule has 10 heteroatoms. The van der Waals surface area contributed by atoms with Gasteiger partial charge in [0, 0.05) is 0 Å². The fourth-order valence-corrected chi connectivity index (χ4v) is 2.28. The molecule has 0 aliphatic carbocycles. The van der Waals surface area contributed by atoms with Crippen molar-refractivity contribution in [3.05, 3.63) is 57.8 Å². The van der Waals surface area contributed by atoms with E-state index in [1.807, 2.05) is 5.32 Å². The highest BCUT2D eigenvalue weighted by atomic mass is 16.6. The average molecular weight is 357 g/mol. The van der Waals surface area contributed by atoms with Gasteiger partial charge in [0.1, 0.15) is 22.0 Å². The minimum atomic E-state index is -0.927. The number of benzene rings is 1. The fraction of sp³-hybridized carbons (Fsp3) is 0.0625. The van der Waals surface area contributed by atoms with Crippen molar-refractivity contribution in [3.8, 4) is 5.75 Å². The van der Waals surface area contributed by atoms with Crippen molar-refractivity contribution in [1.29, 1.82) is 0 Å². The number of carbonyl (C=O) groups is 3. The molecule has 1 aliphatic rings. The first-order chi connectivity index (χ1) is 12.4. The topological polar surface area (TPSA) is 132 Å². The van der Waals surface area contributed by atoms with Crippen LogP contribution in [0.15, 0.2) is 46.4 Å². The Balaban J connectivity index is 1.96. The lowest BCUT2D eigenvalue weighted by Gasteiger charge is -2.26. The van der Waals surface area contributed by atoms with Crippen LogP contribution in [0.1, 0.15) is 5.76 Å². The maximum absolute atomic E-state index is 12.6. The largest absolute Gasteiger partial charge is 0.497 e. The normalized spacial score (nSPS) is 16.0. The van der Waals surface area contributed by atoms with Crippen LogP contribution in [-0.2, 0) is 9.59 Å². The Kier molecular flexibility index (Phi) is 4.23. The minimum Gasteiger partial charge on any atom is -0.497 e. The van der Waals surface area contributed by atoms with Crippen LogP contribution in [0.25, 0.3) is 6.08 Å². The third-order valence-electron chi connectivity index (χ3n) is 3.51. The van der Waals surface area contributed by atoms with E-state index in [0.29, 0.717) is 5.75 Å². The quantitative estimate of drug-likeness (QED) is 0.382. The van der Waals surface area contributed by atoms with Crippen LogP contribution in [0.5, 0.6) is 5.75 Å². The van der Waals surface area contributed by atoms with Crippen molar-refractivity contribution >= 4 is 35.5 Å². The lowest BCUT2D eigenvalue weighted by Crippen LogP contribution is -2.54. The number of hydrogen-bond acceptors (Lipinski definition) is 7. The van der Waals surface area contributed by atoms with E-state index in [9.17, 15) is 24.5 Å². The SMILES string of the molecule is COc1ccc(N2C(=O)NC(=O)C(=Cc3ccc([N+](=O)[O-])o3)C2=O)cc1. The van der Waals surface area contributed by atoms with E-state index in [-0.39, 0.29) is 11.4 Å². The van der Waals surface area contributed by atoms with Crippen LogP contribution in [-0.4, -0.2) is 29.9 Å². The zero-order valence-electron chi connectivity index (χ0n) is 13.3. The Morgan fingerprint density at radius 2 is 1.85 bits per heavy atom. The Morgan fingerprint density at radius 3 is 2.42 bits per heavy atom. The molecule has 0 unspecified atom stereocenters. The number of imide groups is 2. The standard InChI is InChI=1S/C16H11N3O7/c1-25-10-4-2-9(3-5-10)18-15(21)12(14(20)17-16(18)22)8-11-6-7-13(26-11)19(23)24/h2-8H,1H3,(H,17,20,22). The molecule has 2 aromatic rings. The van der Waals surface area contributed by atoms with Crippen LogP contribution in [0.4, 0.5) is 16.4 Å². The van der Waals surface area contributed by atoms with Crippen molar-refractivity contribution < 1.29 is 28.5 Å². The van der Waals surface area contributed by atoms with Gasteiger partial charge in [-0.1, -0.05) is 0 Å². The average Bonchev–Trinajstić information content (AvgIpc) is 3.08. The number of nitrogens with zero attached hydrogens (tertiary/aromatic N) is 2. The van der Waals surface area contributed by atoms with Gasteiger partial charge in [-0.15, -0.1) is 0 Å². The summed E-state index contributed by atoms with van der Waals surface area (Å²) >= 11 is 0. The summed E-state index contributed by atoms with van der Waals surface area (Å²) in [5.74, 6) is -1.90. The molecule has 132 valence electrons. The third-order valence-corrected chi connectivity index (χ3v) is 3.51. The predicted octanol–water partition coefficient (Wildman–Crippen LogP) is 1.86. The van der Waals surface area contributed by atoms with Gasteiger partial charge in [0.2, 0.25) is 0 Å². The molecule has 26 heavy (non-hydrogen) atoms. The van der Waals surface area contributed by atoms with Gasteiger partial charge in [-0.3, -0.25) is 25.0 Å². The van der Waals surface area contributed by atoms with Crippen LogP contribution < -0.4 is 15.0 Å². The Labute approximate surface area is 145 Å². The highest BCUT2D eigenvalue weighted by Crippen LogP contribution is 2.25. The number of nitro groups is 1. The van der Waals surface area contributed by atoms with Crippen LogP contribution in [0, 0.1) is 10.1 Å². The molecule has 0 radical (unpaired) electrons. The number of amides is 4. The number of furan rings is 1. The summed E-state index contributed by atoms with van der Waals surface area (Å²) < 4.78 is 9.93. The van der Waals surface area contributed by atoms with E-state index in [2.05, 4.69) is 0 Å². The summed E-state index contributed by atoms with van der Waals surface area (Å²) in [6.45, 7) is 0. The number of hydrogen-bond donors (Lipinski definition) is 1. The molecule has 4 amide bonds. The smallest absolute Gasteiger partial charge is 0.433 e. The van der Waals surface area contributed by atoms with Crippen LogP contribution in [0.3, 0.4) is 0 Å². The molecular weight excluding hydrogens is 346 g/mol. The summed E-state index contributed by atoms with van der Waals surface area (Å²) in [6.07, 6.45) is 1.04. The predicted molar refractivity (Wildman–Crippen MR) is 87.4 cm³/mol. The van der Waals surface area contributed by atoms with Gasteiger partial charge in [0.25, 0.3) is 11.8 Å². The molecule has 3 rings (SSSR count). The second-order valence-electron chi connectivity index (χ2n) is 5.09. The maximum Gasteiger partial charge on any atom is 0.433 e. The summed E-state index contributed by atoms with van der Waals surface area (Å²) in [6, 6.07) is 7.46. The van der Waals surface area contributed by atoms with Crippen LogP contribution >= 0.6 is 0 Å². The van der Waals surface area contributed by atoms with Gasteiger partial charge >= 0.3 is 11.9 Å². The molecule has 0 saturated carbocycles. The highest BCUT2D eigenvalue weighted by Gasteiger charge is 2.37. The van der Waals surface area contributed by atoms with Gasteiger partial charge < -0.3 is 9.15 Å². The zero-order valence-corrected chi connectivity index (χ0v) is 13.3. The van der Waals surface area contributed by atoms with Gasteiger partial charge in [0.15, 0.2) is 0 Å². The Morgan fingerprint density at radius 1 is 1.15 bits per heavy atom. The highest BCUT2D eigenvalue weighted by molar-refractivity contribution is 6.39. The fourth-order valence-electron chi connectivity index (χ4n) is 2.28. The van der Waals surface area contributed by atoms with E-state index in [4.69, 9.17) is 9.15 Å². The molecule has 1 fully saturated rings. The van der Waals surface area contributed by atoms with Crippen molar-refractivity contribution in [1.82, 2.24) is 5.32 Å². The lowest BCUT2D eigenvalue weighted by molar-refractivity contribution is -0.402. The molecule has 1 aromatic carbocycles. The second kappa shape index (κ2) is 6.51. The Hall–Kier alpha value is -3.95. The van der Waals surface area contributed by atoms with Crippen LogP contribution in [0.2, 0.25) is 0 Å². The first-order valence-electron chi connectivity index (χ1n) is 7.20. The molecule has 10 nitrogen and oxygen atoms in total. The molecule has 1 N–H and O–H groups in total. The van der Waals surface area contributed by atoms with E-state index in [1.165, 1.54) is 25.3 Å². The second-order valence-corrected chi connectivity index (χ2v) is 5.09. The van der Waals surface area contributed by atoms with Gasteiger partial charge in [-0.2, -0.15) is 0 Å². The summed E-state index contributed by atoms with van der Waals surface area (Å²) in [4.78, 5) is 47.3. The lowest BCUT2D eigenvalue weighted by atomic mass is 10.1. The number of urea groups is 1. The van der Waals surface area contributed by atoms with Crippen molar-refractivity contribution in [2.75, 3.05) is 12.0 Å². The number of nitrogens with one attached hydrogen (secondary N) is 1. The Bertz CT molecular complexity index is 943. The number of ether oxygens (including phenoxy) is 1. The van der Waals surface area contributed by atoms with E-state index in [0.717, 1.165) is 17.0 Å². The number of rotatable bonds is 4. The molecule has 0 atom stereocenters. The zero-order chi connectivity index (χ0) is 18.8. The minimum absolute atomic E-state index is 0.0702. The van der Waals surface area contributed by atoms with E-state index in [1.54, 1.807) is 12.1 Å². The number of carbonyl (C=O) groups excluding carboxylic acids is 3. The van der Waals surface area contributed by atoms with Gasteiger partial charge in [0.05, 0.1) is 18.9 Å².